The van der Waals surface area contributed by atoms with Crippen LogP contribution in [0.2, 0.25) is 5.15 Å². The van der Waals surface area contributed by atoms with Gasteiger partial charge in [-0.3, -0.25) is 4.79 Å². The molecular formula is C15H14ClN3O5S. The highest BCUT2D eigenvalue weighted by Crippen LogP contribution is 2.15. The number of anilines is 1. The second kappa shape index (κ2) is 7.60. The molecule has 2 aromatic rings. The van der Waals surface area contributed by atoms with E-state index >= 15 is 0 Å². The minimum Gasteiger partial charge on any atom is -0.449 e. The summed E-state index contributed by atoms with van der Waals surface area (Å²) in [6, 6.07) is 8.16. The van der Waals surface area contributed by atoms with Crippen LogP contribution in [-0.2, 0) is 19.6 Å². The second-order valence-corrected chi connectivity index (χ2v) is 6.87. The van der Waals surface area contributed by atoms with E-state index < -0.39 is 28.0 Å². The molecular weight excluding hydrogens is 370 g/mol. The topological polar surface area (TPSA) is 128 Å². The van der Waals surface area contributed by atoms with Crippen molar-refractivity contribution in [2.75, 3.05) is 5.32 Å². The quantitative estimate of drug-likeness (QED) is 0.595. The molecule has 0 aliphatic carbocycles. The van der Waals surface area contributed by atoms with Crippen LogP contribution in [0.5, 0.6) is 0 Å². The van der Waals surface area contributed by atoms with E-state index in [0.717, 1.165) is 0 Å². The number of halogens is 1. The van der Waals surface area contributed by atoms with Crippen LogP contribution in [0.3, 0.4) is 0 Å². The van der Waals surface area contributed by atoms with Gasteiger partial charge < -0.3 is 10.1 Å². The van der Waals surface area contributed by atoms with Crippen molar-refractivity contribution < 1.29 is 22.7 Å². The van der Waals surface area contributed by atoms with Crippen LogP contribution < -0.4 is 10.5 Å². The Labute approximate surface area is 149 Å². The summed E-state index contributed by atoms with van der Waals surface area (Å²) in [4.78, 5) is 27.7. The molecule has 1 aromatic heterocycles. The number of carbonyl (C=O) groups is 2. The number of nitrogens with two attached hydrogens (primary N) is 1. The van der Waals surface area contributed by atoms with Crippen LogP contribution in [-0.4, -0.2) is 31.4 Å². The Balaban J connectivity index is 2.01. The fourth-order valence-electron chi connectivity index (χ4n) is 1.79. The van der Waals surface area contributed by atoms with E-state index in [0.29, 0.717) is 5.69 Å². The average Bonchev–Trinajstić information content (AvgIpc) is 2.54. The zero-order valence-electron chi connectivity index (χ0n) is 13.0. The summed E-state index contributed by atoms with van der Waals surface area (Å²) in [5.41, 5.74) is 0.362. The van der Waals surface area contributed by atoms with Crippen LogP contribution in [0.4, 0.5) is 5.69 Å². The number of aromatic nitrogens is 1. The van der Waals surface area contributed by atoms with E-state index in [4.69, 9.17) is 21.5 Å². The van der Waals surface area contributed by atoms with E-state index in [1.54, 1.807) is 0 Å². The molecule has 0 unspecified atom stereocenters. The van der Waals surface area contributed by atoms with Gasteiger partial charge in [0.25, 0.3) is 5.91 Å². The Morgan fingerprint density at radius 1 is 1.24 bits per heavy atom. The standard InChI is InChI=1S/C15H14ClN3O5S/c1-9(24-15(21)12-3-2-8-18-13(12)16)14(20)19-10-4-6-11(7-5-10)25(17,22)23/h2-9H,1H3,(H,19,20)(H2,17,22,23)/t9-/m0/s1. The summed E-state index contributed by atoms with van der Waals surface area (Å²) in [6.07, 6.45) is 0.308. The number of amides is 1. The van der Waals surface area contributed by atoms with E-state index in [9.17, 15) is 18.0 Å². The molecule has 3 N–H and O–H groups in total. The Hall–Kier alpha value is -2.49. The van der Waals surface area contributed by atoms with Gasteiger partial charge in [-0.15, -0.1) is 0 Å². The predicted molar refractivity (Wildman–Crippen MR) is 90.6 cm³/mol. The van der Waals surface area contributed by atoms with Crippen molar-refractivity contribution in [2.24, 2.45) is 5.14 Å². The Morgan fingerprint density at radius 3 is 2.44 bits per heavy atom. The van der Waals surface area contributed by atoms with Gasteiger partial charge in [0, 0.05) is 11.9 Å². The molecule has 1 amide bonds. The maximum atomic E-state index is 12.1. The molecule has 0 fully saturated rings. The highest BCUT2D eigenvalue weighted by molar-refractivity contribution is 7.89. The molecule has 0 bridgehead atoms. The molecule has 0 aliphatic heterocycles. The van der Waals surface area contributed by atoms with Gasteiger partial charge in [0.15, 0.2) is 6.10 Å². The zero-order valence-corrected chi connectivity index (χ0v) is 14.5. The first-order valence-corrected chi connectivity index (χ1v) is 8.86. The van der Waals surface area contributed by atoms with Gasteiger partial charge in [-0.2, -0.15) is 0 Å². The number of ether oxygens (including phenoxy) is 1. The number of sulfonamides is 1. The van der Waals surface area contributed by atoms with E-state index in [1.165, 1.54) is 49.5 Å². The minimum absolute atomic E-state index is 0.0290. The zero-order chi connectivity index (χ0) is 18.6. The molecule has 0 spiro atoms. The maximum Gasteiger partial charge on any atom is 0.342 e. The average molecular weight is 384 g/mol. The number of pyridine rings is 1. The first-order valence-electron chi connectivity index (χ1n) is 6.93. The van der Waals surface area contributed by atoms with Crippen LogP contribution in [0.15, 0.2) is 47.5 Å². The second-order valence-electron chi connectivity index (χ2n) is 4.95. The maximum absolute atomic E-state index is 12.1. The molecule has 1 heterocycles. The van der Waals surface area contributed by atoms with Crippen molar-refractivity contribution in [3.63, 3.8) is 0 Å². The first-order chi connectivity index (χ1) is 11.7. The van der Waals surface area contributed by atoms with Gasteiger partial charge in [-0.25, -0.2) is 23.3 Å². The van der Waals surface area contributed by atoms with E-state index in [2.05, 4.69) is 10.3 Å². The number of nitrogens with zero attached hydrogens (tertiary/aromatic N) is 1. The third kappa shape index (κ3) is 4.99. The van der Waals surface area contributed by atoms with Crippen molar-refractivity contribution in [3.05, 3.63) is 53.3 Å². The molecule has 0 saturated heterocycles. The lowest BCUT2D eigenvalue weighted by atomic mass is 10.2. The molecule has 132 valence electrons. The van der Waals surface area contributed by atoms with Gasteiger partial charge in [0.2, 0.25) is 10.0 Å². The lowest BCUT2D eigenvalue weighted by Gasteiger charge is -2.14. The summed E-state index contributed by atoms with van der Waals surface area (Å²) in [6.45, 7) is 1.39. The van der Waals surface area contributed by atoms with Crippen molar-refractivity contribution in [2.45, 2.75) is 17.9 Å². The summed E-state index contributed by atoms with van der Waals surface area (Å²) in [7, 11) is -3.82. The molecule has 2 rings (SSSR count). The molecule has 0 aliphatic rings. The molecule has 1 aromatic carbocycles. The van der Waals surface area contributed by atoms with Crippen molar-refractivity contribution >= 4 is 39.2 Å². The SMILES string of the molecule is C[C@H](OC(=O)c1cccnc1Cl)C(=O)Nc1ccc(S(N)(=O)=O)cc1. The molecule has 1 atom stereocenters. The van der Waals surface area contributed by atoms with Crippen LogP contribution in [0, 0.1) is 0 Å². The highest BCUT2D eigenvalue weighted by Gasteiger charge is 2.21. The number of primary sulfonamides is 1. The number of rotatable bonds is 5. The predicted octanol–water partition coefficient (Wildman–Crippen LogP) is 1.57. The largest absolute Gasteiger partial charge is 0.449 e. The summed E-state index contributed by atoms with van der Waals surface area (Å²) >= 11 is 5.79. The third-order valence-corrected chi connectivity index (χ3v) is 4.31. The van der Waals surface area contributed by atoms with Gasteiger partial charge in [-0.05, 0) is 43.3 Å². The number of hydrogen-bond acceptors (Lipinski definition) is 6. The number of hydrogen-bond donors (Lipinski definition) is 2. The van der Waals surface area contributed by atoms with Crippen molar-refractivity contribution in [1.82, 2.24) is 4.98 Å². The molecule has 0 radical (unpaired) electrons. The van der Waals surface area contributed by atoms with Gasteiger partial charge in [0.1, 0.15) is 5.15 Å². The van der Waals surface area contributed by atoms with Crippen LogP contribution in [0.25, 0.3) is 0 Å². The molecule has 8 nitrogen and oxygen atoms in total. The van der Waals surface area contributed by atoms with E-state index in [-0.39, 0.29) is 15.6 Å². The Bertz CT molecular complexity index is 900. The minimum atomic E-state index is -3.82. The van der Waals surface area contributed by atoms with E-state index in [1.807, 2.05) is 0 Å². The van der Waals surface area contributed by atoms with Gasteiger partial charge in [-0.1, -0.05) is 11.6 Å². The van der Waals surface area contributed by atoms with Crippen LogP contribution in [0.1, 0.15) is 17.3 Å². The number of nitrogens with one attached hydrogen (secondary N) is 1. The number of carbonyl (C=O) groups excluding carboxylic acids is 2. The fraction of sp³-hybridized carbons (Fsp3) is 0.133. The van der Waals surface area contributed by atoms with Crippen molar-refractivity contribution in [3.8, 4) is 0 Å². The third-order valence-electron chi connectivity index (χ3n) is 3.08. The lowest BCUT2D eigenvalue weighted by Crippen LogP contribution is -2.30. The Morgan fingerprint density at radius 2 is 1.88 bits per heavy atom. The molecule has 0 saturated carbocycles. The highest BCUT2D eigenvalue weighted by atomic mass is 35.5. The fourth-order valence-corrected chi connectivity index (χ4v) is 2.50. The molecule has 25 heavy (non-hydrogen) atoms. The smallest absolute Gasteiger partial charge is 0.342 e. The first kappa shape index (κ1) is 18.8. The van der Waals surface area contributed by atoms with Gasteiger partial charge >= 0.3 is 5.97 Å². The monoisotopic (exact) mass is 383 g/mol. The Kier molecular flexibility index (Phi) is 5.73. The lowest BCUT2D eigenvalue weighted by molar-refractivity contribution is -0.123. The number of esters is 1. The number of benzene rings is 1. The normalized spacial score (nSPS) is 12.3. The summed E-state index contributed by atoms with van der Waals surface area (Å²) in [5.74, 6) is -1.39. The van der Waals surface area contributed by atoms with Gasteiger partial charge in [0.05, 0.1) is 10.5 Å². The van der Waals surface area contributed by atoms with Crippen LogP contribution >= 0.6 is 11.6 Å². The summed E-state index contributed by atoms with van der Waals surface area (Å²) < 4.78 is 27.4. The summed E-state index contributed by atoms with van der Waals surface area (Å²) in [5, 5.41) is 7.45. The molecule has 10 heteroatoms. The van der Waals surface area contributed by atoms with Crippen molar-refractivity contribution in [1.29, 1.82) is 0 Å².